The van der Waals surface area contributed by atoms with E-state index < -0.39 is 11.2 Å². The topological polar surface area (TPSA) is 74.0 Å². The number of aliphatic carboxylic acids is 1. The number of nitriles is 1. The Morgan fingerprint density at radius 3 is 2.60 bits per heavy atom. The van der Waals surface area contributed by atoms with Gasteiger partial charge in [-0.1, -0.05) is 42.1 Å². The lowest BCUT2D eigenvalue weighted by Gasteiger charge is -2.11. The number of hydrogen-bond donors (Lipinski definition) is 1. The highest BCUT2D eigenvalue weighted by Gasteiger charge is 2.20. The highest BCUT2D eigenvalue weighted by atomic mass is 32.2. The molecule has 0 amide bonds. The van der Waals surface area contributed by atoms with Crippen LogP contribution in [0.15, 0.2) is 53.7 Å². The summed E-state index contributed by atoms with van der Waals surface area (Å²) >= 11 is 1.19. The zero-order valence-corrected chi connectivity index (χ0v) is 11.4. The van der Waals surface area contributed by atoms with Crippen molar-refractivity contribution in [2.24, 2.45) is 0 Å². The Bertz CT molecular complexity index is 621. The molecule has 100 valence electrons. The zero-order chi connectivity index (χ0) is 14.4. The van der Waals surface area contributed by atoms with Crippen molar-refractivity contribution in [3.63, 3.8) is 0 Å². The lowest BCUT2D eigenvalue weighted by molar-refractivity contribution is -0.136. The molecule has 0 aliphatic rings. The van der Waals surface area contributed by atoms with Crippen molar-refractivity contribution in [1.29, 1.82) is 5.26 Å². The van der Waals surface area contributed by atoms with Gasteiger partial charge in [-0.05, 0) is 24.1 Å². The van der Waals surface area contributed by atoms with Crippen LogP contribution in [0.25, 0.3) is 0 Å². The van der Waals surface area contributed by atoms with Crippen molar-refractivity contribution in [2.75, 3.05) is 0 Å². The fourth-order valence-corrected chi connectivity index (χ4v) is 2.60. The molecule has 1 atom stereocenters. The molecule has 1 aromatic heterocycles. The Hall–Kier alpha value is -2.32. The molecule has 0 bridgehead atoms. The second-order valence-electron chi connectivity index (χ2n) is 4.13. The molecular weight excluding hydrogens is 272 g/mol. The molecule has 4 nitrogen and oxygen atoms in total. The van der Waals surface area contributed by atoms with Gasteiger partial charge in [0.05, 0.1) is 10.6 Å². The third-order valence-electron chi connectivity index (χ3n) is 2.67. The summed E-state index contributed by atoms with van der Waals surface area (Å²) in [6.07, 6.45) is 1.88. The van der Waals surface area contributed by atoms with E-state index in [1.807, 2.05) is 36.4 Å². The summed E-state index contributed by atoms with van der Waals surface area (Å²) in [5.74, 6) is -0.870. The van der Waals surface area contributed by atoms with Crippen LogP contribution in [0.2, 0.25) is 0 Å². The number of benzene rings is 1. The van der Waals surface area contributed by atoms with Crippen molar-refractivity contribution >= 4 is 17.7 Å². The highest BCUT2D eigenvalue weighted by Crippen LogP contribution is 2.24. The first-order valence-corrected chi connectivity index (χ1v) is 6.86. The summed E-state index contributed by atoms with van der Waals surface area (Å²) in [6, 6.07) is 14.8. The number of hydrogen-bond acceptors (Lipinski definition) is 4. The molecule has 0 aliphatic heterocycles. The summed E-state index contributed by atoms with van der Waals surface area (Å²) in [4.78, 5) is 15.4. The number of carboxylic acids is 1. The Balaban J connectivity index is 2.09. The molecule has 2 aromatic rings. The molecular formula is C15H12N2O2S. The first-order valence-electron chi connectivity index (χ1n) is 5.98. The standard InChI is InChI=1S/C15H12N2O2S/c16-9-12-6-7-14(17-10-12)20-13(15(18)19)8-11-4-2-1-3-5-11/h1-7,10,13H,8H2,(H,18,19). The number of rotatable bonds is 5. The van der Waals surface area contributed by atoms with Gasteiger partial charge < -0.3 is 5.11 Å². The van der Waals surface area contributed by atoms with Gasteiger partial charge in [-0.3, -0.25) is 4.79 Å². The first kappa shape index (κ1) is 14.1. The molecule has 0 aliphatic carbocycles. The Morgan fingerprint density at radius 2 is 2.05 bits per heavy atom. The minimum Gasteiger partial charge on any atom is -0.480 e. The Labute approximate surface area is 121 Å². The molecule has 0 spiro atoms. The van der Waals surface area contributed by atoms with Gasteiger partial charge in [-0.25, -0.2) is 4.98 Å². The van der Waals surface area contributed by atoms with E-state index >= 15 is 0 Å². The maximum absolute atomic E-state index is 11.3. The number of carbonyl (C=O) groups is 1. The summed E-state index contributed by atoms with van der Waals surface area (Å²) < 4.78 is 0. The average molecular weight is 284 g/mol. The molecule has 1 unspecified atom stereocenters. The van der Waals surface area contributed by atoms with Gasteiger partial charge in [0, 0.05) is 6.20 Å². The first-order chi connectivity index (χ1) is 9.69. The number of thioether (sulfide) groups is 1. The Morgan fingerprint density at radius 1 is 1.30 bits per heavy atom. The number of pyridine rings is 1. The van der Waals surface area contributed by atoms with Gasteiger partial charge in [0.25, 0.3) is 0 Å². The zero-order valence-electron chi connectivity index (χ0n) is 10.6. The Kier molecular flexibility index (Phi) is 4.75. The van der Waals surface area contributed by atoms with Gasteiger partial charge >= 0.3 is 5.97 Å². The molecule has 2 rings (SSSR count). The second kappa shape index (κ2) is 6.73. The van der Waals surface area contributed by atoms with Crippen molar-refractivity contribution in [3.05, 3.63) is 59.8 Å². The van der Waals surface area contributed by atoms with E-state index in [0.29, 0.717) is 17.0 Å². The van der Waals surface area contributed by atoms with E-state index in [1.54, 1.807) is 12.1 Å². The van der Waals surface area contributed by atoms with Gasteiger partial charge in [0.2, 0.25) is 0 Å². The predicted octanol–water partition coefficient (Wildman–Crippen LogP) is 2.74. The van der Waals surface area contributed by atoms with Crippen LogP contribution in [0.3, 0.4) is 0 Å². The quantitative estimate of drug-likeness (QED) is 0.854. The molecule has 20 heavy (non-hydrogen) atoms. The van der Waals surface area contributed by atoms with Gasteiger partial charge in [0.15, 0.2) is 0 Å². The maximum atomic E-state index is 11.3. The summed E-state index contributed by atoms with van der Waals surface area (Å²) in [5, 5.41) is 18.0. The third-order valence-corrected chi connectivity index (χ3v) is 3.80. The fourth-order valence-electron chi connectivity index (χ4n) is 1.67. The normalized spacial score (nSPS) is 11.6. The van der Waals surface area contributed by atoms with Crippen LogP contribution in [0, 0.1) is 11.3 Å². The largest absolute Gasteiger partial charge is 0.480 e. The van der Waals surface area contributed by atoms with Crippen molar-refractivity contribution in [3.8, 4) is 6.07 Å². The summed E-state index contributed by atoms with van der Waals surface area (Å²) in [7, 11) is 0. The van der Waals surface area contributed by atoms with Crippen LogP contribution in [-0.4, -0.2) is 21.3 Å². The molecule has 5 heteroatoms. The van der Waals surface area contributed by atoms with Gasteiger partial charge in [0.1, 0.15) is 11.3 Å². The summed E-state index contributed by atoms with van der Waals surface area (Å²) in [5.41, 5.74) is 1.44. The molecule has 1 N–H and O–H groups in total. The fraction of sp³-hybridized carbons (Fsp3) is 0.133. The van der Waals surface area contributed by atoms with Crippen LogP contribution < -0.4 is 0 Å². The average Bonchev–Trinajstić information content (AvgIpc) is 2.48. The minimum atomic E-state index is -0.870. The predicted molar refractivity (Wildman–Crippen MR) is 76.4 cm³/mol. The second-order valence-corrected chi connectivity index (χ2v) is 5.35. The smallest absolute Gasteiger partial charge is 0.317 e. The van der Waals surface area contributed by atoms with Crippen LogP contribution in [-0.2, 0) is 11.2 Å². The van der Waals surface area contributed by atoms with Crippen molar-refractivity contribution < 1.29 is 9.90 Å². The monoisotopic (exact) mass is 284 g/mol. The molecule has 0 fully saturated rings. The lowest BCUT2D eigenvalue weighted by Crippen LogP contribution is -2.19. The highest BCUT2D eigenvalue weighted by molar-refractivity contribution is 8.00. The van der Waals surface area contributed by atoms with E-state index in [4.69, 9.17) is 5.26 Å². The lowest BCUT2D eigenvalue weighted by atomic mass is 10.1. The van der Waals surface area contributed by atoms with E-state index in [-0.39, 0.29) is 0 Å². The molecule has 0 saturated heterocycles. The van der Waals surface area contributed by atoms with E-state index in [0.717, 1.165) is 5.56 Å². The number of carboxylic acid groups (broad SMARTS) is 1. The van der Waals surface area contributed by atoms with Crippen molar-refractivity contribution in [1.82, 2.24) is 4.98 Å². The SMILES string of the molecule is N#Cc1ccc(SC(Cc2ccccc2)C(=O)O)nc1. The van der Waals surface area contributed by atoms with Crippen LogP contribution in [0.1, 0.15) is 11.1 Å². The maximum Gasteiger partial charge on any atom is 0.317 e. The number of nitrogens with zero attached hydrogens (tertiary/aromatic N) is 2. The van der Waals surface area contributed by atoms with Crippen molar-refractivity contribution in [2.45, 2.75) is 16.7 Å². The number of aromatic nitrogens is 1. The molecule has 1 heterocycles. The molecule has 0 saturated carbocycles. The third kappa shape index (κ3) is 3.84. The van der Waals surface area contributed by atoms with Gasteiger partial charge in [-0.2, -0.15) is 5.26 Å². The van der Waals surface area contributed by atoms with Crippen LogP contribution in [0.5, 0.6) is 0 Å². The van der Waals surface area contributed by atoms with E-state index in [9.17, 15) is 9.90 Å². The van der Waals surface area contributed by atoms with Crippen LogP contribution >= 0.6 is 11.8 Å². The molecule has 0 radical (unpaired) electrons. The molecule has 1 aromatic carbocycles. The van der Waals surface area contributed by atoms with E-state index in [2.05, 4.69) is 4.98 Å². The van der Waals surface area contributed by atoms with E-state index in [1.165, 1.54) is 18.0 Å². The van der Waals surface area contributed by atoms with Gasteiger partial charge in [-0.15, -0.1) is 0 Å². The van der Waals surface area contributed by atoms with Crippen LogP contribution in [0.4, 0.5) is 0 Å². The summed E-state index contributed by atoms with van der Waals surface area (Å²) in [6.45, 7) is 0. The minimum absolute atomic E-state index is 0.433.